The highest BCUT2D eigenvalue weighted by Gasteiger charge is 2.19. The highest BCUT2D eigenvalue weighted by molar-refractivity contribution is 7.91. The second-order valence-electron chi connectivity index (χ2n) is 4.99. The molecule has 0 spiro atoms. The van der Waals surface area contributed by atoms with Gasteiger partial charge in [-0.3, -0.25) is 4.79 Å². The number of nitrogens with one attached hydrogen (secondary N) is 2. The monoisotopic (exact) mass is 290 g/mol. The fourth-order valence-electron chi connectivity index (χ4n) is 1.25. The number of carbonyl (C=O) groups excluding carboxylic acids is 1. The van der Waals surface area contributed by atoms with Crippen LogP contribution in [-0.4, -0.2) is 26.4 Å². The van der Waals surface area contributed by atoms with E-state index in [1.165, 1.54) is 17.4 Å². The molecular formula is C11H18N2O3S2. The van der Waals surface area contributed by atoms with Gasteiger partial charge in [-0.2, -0.15) is 0 Å². The molecule has 7 heteroatoms. The molecule has 18 heavy (non-hydrogen) atoms. The molecular weight excluding hydrogens is 272 g/mol. The maximum Gasteiger partial charge on any atom is 0.250 e. The first-order valence-corrected chi connectivity index (χ1v) is 7.77. The molecule has 102 valence electrons. The zero-order valence-electron chi connectivity index (χ0n) is 10.9. The van der Waals surface area contributed by atoms with Crippen LogP contribution >= 0.6 is 11.3 Å². The summed E-state index contributed by atoms with van der Waals surface area (Å²) in [4.78, 5) is 12.4. The van der Waals surface area contributed by atoms with Gasteiger partial charge in [0.1, 0.15) is 4.21 Å². The lowest BCUT2D eigenvalue weighted by atomic mass is 10.1. The predicted molar refractivity (Wildman–Crippen MR) is 72.1 cm³/mol. The third kappa shape index (κ3) is 4.75. The van der Waals surface area contributed by atoms with Crippen molar-refractivity contribution in [2.45, 2.75) is 37.4 Å². The van der Waals surface area contributed by atoms with E-state index < -0.39 is 10.0 Å². The maximum atomic E-state index is 11.8. The molecule has 1 aromatic rings. The Bertz CT molecular complexity index is 527. The number of rotatable bonds is 4. The van der Waals surface area contributed by atoms with Gasteiger partial charge in [-0.25, -0.2) is 13.1 Å². The molecule has 0 radical (unpaired) electrons. The minimum Gasteiger partial charge on any atom is -0.350 e. The zero-order valence-corrected chi connectivity index (χ0v) is 12.5. The van der Waals surface area contributed by atoms with Gasteiger partial charge in [-0.1, -0.05) is 0 Å². The van der Waals surface area contributed by atoms with Gasteiger partial charge in [0.2, 0.25) is 5.91 Å². The summed E-state index contributed by atoms with van der Waals surface area (Å²) in [6.45, 7) is 7.08. The minimum atomic E-state index is -3.58. The molecule has 0 aliphatic heterocycles. The Morgan fingerprint density at radius 3 is 2.39 bits per heavy atom. The van der Waals surface area contributed by atoms with Crippen molar-refractivity contribution < 1.29 is 13.2 Å². The second-order valence-corrected chi connectivity index (χ2v) is 8.27. The normalized spacial score (nSPS) is 12.4. The number of sulfonamides is 1. The van der Waals surface area contributed by atoms with E-state index in [1.807, 2.05) is 27.7 Å². The van der Waals surface area contributed by atoms with E-state index in [1.54, 1.807) is 6.07 Å². The minimum absolute atomic E-state index is 0.226. The molecule has 1 amide bonds. The van der Waals surface area contributed by atoms with Gasteiger partial charge in [0, 0.05) is 10.4 Å². The van der Waals surface area contributed by atoms with E-state index in [2.05, 4.69) is 10.0 Å². The van der Waals surface area contributed by atoms with Crippen molar-refractivity contribution in [3.05, 3.63) is 17.0 Å². The summed E-state index contributed by atoms with van der Waals surface area (Å²) in [6.07, 6.45) is 0. The highest BCUT2D eigenvalue weighted by Crippen LogP contribution is 2.19. The average Bonchev–Trinajstić information content (AvgIpc) is 2.60. The van der Waals surface area contributed by atoms with Crippen LogP contribution < -0.4 is 10.0 Å². The van der Waals surface area contributed by atoms with Crippen LogP contribution in [0.1, 0.15) is 25.6 Å². The Kier molecular flexibility index (Phi) is 4.52. The van der Waals surface area contributed by atoms with Gasteiger partial charge < -0.3 is 5.32 Å². The van der Waals surface area contributed by atoms with Crippen LogP contribution in [0.3, 0.4) is 0 Å². The molecule has 0 aliphatic rings. The molecule has 0 saturated heterocycles. The van der Waals surface area contributed by atoms with Crippen molar-refractivity contribution in [3.8, 4) is 0 Å². The molecule has 0 aliphatic carbocycles. The molecule has 0 aromatic carbocycles. The molecule has 2 N–H and O–H groups in total. The quantitative estimate of drug-likeness (QED) is 0.876. The number of carbonyl (C=O) groups is 1. The highest BCUT2D eigenvalue weighted by atomic mass is 32.2. The molecule has 1 rings (SSSR count). The predicted octanol–water partition coefficient (Wildman–Crippen LogP) is 1.25. The molecule has 1 heterocycles. The zero-order chi connectivity index (χ0) is 14.0. The Morgan fingerprint density at radius 1 is 1.33 bits per heavy atom. The largest absolute Gasteiger partial charge is 0.350 e. The molecule has 0 fully saturated rings. The fourth-order valence-corrected chi connectivity index (χ4v) is 3.56. The van der Waals surface area contributed by atoms with Gasteiger partial charge in [0.05, 0.1) is 6.54 Å². The number of hydrogen-bond acceptors (Lipinski definition) is 4. The fraction of sp³-hybridized carbons (Fsp3) is 0.545. The molecule has 0 atom stereocenters. The number of amides is 1. The van der Waals surface area contributed by atoms with Crippen molar-refractivity contribution in [3.63, 3.8) is 0 Å². The maximum absolute atomic E-state index is 11.8. The van der Waals surface area contributed by atoms with Crippen LogP contribution in [-0.2, 0) is 14.8 Å². The number of hydrogen-bond donors (Lipinski definition) is 2. The SMILES string of the molecule is Cc1ccc(S(=O)(=O)NCC(=O)NC(C)(C)C)s1. The second kappa shape index (κ2) is 5.38. The third-order valence-electron chi connectivity index (χ3n) is 1.92. The first-order valence-electron chi connectivity index (χ1n) is 5.47. The Balaban J connectivity index is 2.61. The van der Waals surface area contributed by atoms with Crippen molar-refractivity contribution in [1.82, 2.24) is 10.0 Å². The summed E-state index contributed by atoms with van der Waals surface area (Å²) in [7, 11) is -3.58. The van der Waals surface area contributed by atoms with E-state index in [-0.39, 0.29) is 22.2 Å². The standard InChI is InChI=1S/C11H18N2O3S2/c1-8-5-6-10(17-8)18(15,16)12-7-9(14)13-11(2,3)4/h5-6,12H,7H2,1-4H3,(H,13,14). The Labute approximate surface area is 112 Å². The summed E-state index contributed by atoms with van der Waals surface area (Å²) < 4.78 is 26.2. The van der Waals surface area contributed by atoms with E-state index in [9.17, 15) is 13.2 Å². The van der Waals surface area contributed by atoms with Crippen LogP contribution in [0, 0.1) is 6.92 Å². The van der Waals surface area contributed by atoms with Crippen molar-refractivity contribution >= 4 is 27.3 Å². The average molecular weight is 290 g/mol. The molecule has 0 unspecified atom stereocenters. The van der Waals surface area contributed by atoms with Crippen LogP contribution in [0.15, 0.2) is 16.3 Å². The summed E-state index contributed by atoms with van der Waals surface area (Å²) in [5.74, 6) is -0.348. The van der Waals surface area contributed by atoms with E-state index in [4.69, 9.17) is 0 Å². The molecule has 0 bridgehead atoms. The van der Waals surface area contributed by atoms with E-state index in [0.29, 0.717) is 0 Å². The Hall–Kier alpha value is -0.920. The first kappa shape index (κ1) is 15.1. The molecule has 0 saturated carbocycles. The lowest BCUT2D eigenvalue weighted by Crippen LogP contribution is -2.45. The number of aryl methyl sites for hydroxylation is 1. The first-order chi connectivity index (χ1) is 8.10. The van der Waals surface area contributed by atoms with Crippen LogP contribution in [0.25, 0.3) is 0 Å². The van der Waals surface area contributed by atoms with Crippen LogP contribution in [0.2, 0.25) is 0 Å². The summed E-state index contributed by atoms with van der Waals surface area (Å²) >= 11 is 1.18. The van der Waals surface area contributed by atoms with Gasteiger partial charge >= 0.3 is 0 Å². The third-order valence-corrected chi connectivity index (χ3v) is 4.81. The van der Waals surface area contributed by atoms with Crippen LogP contribution in [0.5, 0.6) is 0 Å². The van der Waals surface area contributed by atoms with Crippen molar-refractivity contribution in [1.29, 1.82) is 0 Å². The summed E-state index contributed by atoms with van der Waals surface area (Å²) in [5, 5.41) is 2.69. The molecule has 1 aromatic heterocycles. The van der Waals surface area contributed by atoms with E-state index in [0.717, 1.165) is 4.88 Å². The summed E-state index contributed by atoms with van der Waals surface area (Å²) in [5.41, 5.74) is -0.373. The van der Waals surface area contributed by atoms with Crippen molar-refractivity contribution in [2.24, 2.45) is 0 Å². The van der Waals surface area contributed by atoms with Gasteiger partial charge in [0.25, 0.3) is 10.0 Å². The molecule has 5 nitrogen and oxygen atoms in total. The van der Waals surface area contributed by atoms with Crippen LogP contribution in [0.4, 0.5) is 0 Å². The smallest absolute Gasteiger partial charge is 0.250 e. The van der Waals surface area contributed by atoms with Gasteiger partial charge in [0.15, 0.2) is 0 Å². The van der Waals surface area contributed by atoms with Gasteiger partial charge in [-0.15, -0.1) is 11.3 Å². The lowest BCUT2D eigenvalue weighted by molar-refractivity contribution is -0.121. The van der Waals surface area contributed by atoms with E-state index >= 15 is 0 Å². The van der Waals surface area contributed by atoms with Crippen molar-refractivity contribution in [2.75, 3.05) is 6.54 Å². The topological polar surface area (TPSA) is 75.3 Å². The lowest BCUT2D eigenvalue weighted by Gasteiger charge is -2.20. The number of thiophene rings is 1. The van der Waals surface area contributed by atoms with Gasteiger partial charge in [-0.05, 0) is 39.8 Å². The Morgan fingerprint density at radius 2 is 1.94 bits per heavy atom. The summed E-state index contributed by atoms with van der Waals surface area (Å²) in [6, 6.07) is 3.26.